The van der Waals surface area contributed by atoms with Gasteiger partial charge in [0.05, 0.1) is 12.2 Å². The van der Waals surface area contributed by atoms with Gasteiger partial charge in [-0.05, 0) is 37.8 Å². The minimum absolute atomic E-state index is 0.115. The van der Waals surface area contributed by atoms with Crippen LogP contribution in [0.2, 0.25) is 0 Å². The Morgan fingerprint density at radius 3 is 2.65 bits per heavy atom. The molecule has 122 valence electrons. The summed E-state index contributed by atoms with van der Waals surface area (Å²) in [5, 5.41) is 3.09. The van der Waals surface area contributed by atoms with Gasteiger partial charge >= 0.3 is 5.76 Å². The Hall–Kier alpha value is -2.08. The minimum atomic E-state index is -0.320. The van der Waals surface area contributed by atoms with Crippen LogP contribution in [0, 0.1) is 5.92 Å². The molecule has 1 N–H and O–H groups in total. The Morgan fingerprint density at radius 2 is 1.91 bits per heavy atom. The smallest absolute Gasteiger partial charge is 0.408 e. The summed E-state index contributed by atoms with van der Waals surface area (Å²) in [7, 11) is 0. The van der Waals surface area contributed by atoms with Crippen molar-refractivity contribution in [2.24, 2.45) is 5.92 Å². The second-order valence-electron chi connectivity index (χ2n) is 6.58. The summed E-state index contributed by atoms with van der Waals surface area (Å²) < 4.78 is 6.93. The van der Waals surface area contributed by atoms with E-state index in [-0.39, 0.29) is 17.6 Å². The molecule has 1 aliphatic heterocycles. The summed E-state index contributed by atoms with van der Waals surface area (Å²) in [6.45, 7) is 2.18. The topological polar surface area (TPSA) is 67.5 Å². The standard InChI is InChI=1S/C17H21N3O3/c21-16(18-13-5-6-13)12-7-9-19(10-8-12)11-20-14-3-1-2-4-15(14)23-17(20)22/h1-4,12-13H,5-11H2,(H,18,21). The number of nitrogens with one attached hydrogen (secondary N) is 1. The van der Waals surface area contributed by atoms with Gasteiger partial charge in [0.15, 0.2) is 5.58 Å². The van der Waals surface area contributed by atoms with E-state index in [4.69, 9.17) is 4.42 Å². The van der Waals surface area contributed by atoms with E-state index in [1.165, 1.54) is 0 Å². The number of hydrogen-bond donors (Lipinski definition) is 1. The first kappa shape index (κ1) is 14.5. The van der Waals surface area contributed by atoms with Crippen LogP contribution in [-0.4, -0.2) is 34.5 Å². The van der Waals surface area contributed by atoms with Gasteiger partial charge in [-0.25, -0.2) is 4.79 Å². The van der Waals surface area contributed by atoms with E-state index in [9.17, 15) is 9.59 Å². The second-order valence-corrected chi connectivity index (χ2v) is 6.58. The predicted molar refractivity (Wildman–Crippen MR) is 85.9 cm³/mol. The summed E-state index contributed by atoms with van der Waals surface area (Å²) >= 11 is 0. The molecule has 1 saturated carbocycles. The van der Waals surface area contributed by atoms with Crippen molar-refractivity contribution in [2.75, 3.05) is 13.1 Å². The number of aromatic nitrogens is 1. The van der Waals surface area contributed by atoms with Gasteiger partial charge in [0.1, 0.15) is 0 Å². The number of oxazole rings is 1. The lowest BCUT2D eigenvalue weighted by Gasteiger charge is -2.31. The fraction of sp³-hybridized carbons (Fsp3) is 0.529. The third-order valence-corrected chi connectivity index (χ3v) is 4.80. The van der Waals surface area contributed by atoms with Gasteiger partial charge in [-0.3, -0.25) is 14.3 Å². The van der Waals surface area contributed by atoms with Crippen LogP contribution in [0.1, 0.15) is 25.7 Å². The zero-order valence-electron chi connectivity index (χ0n) is 13.0. The zero-order chi connectivity index (χ0) is 15.8. The Morgan fingerprint density at radius 1 is 1.17 bits per heavy atom. The maximum absolute atomic E-state index is 12.1. The second kappa shape index (κ2) is 5.85. The van der Waals surface area contributed by atoms with Crippen molar-refractivity contribution in [2.45, 2.75) is 38.4 Å². The zero-order valence-corrected chi connectivity index (χ0v) is 13.0. The van der Waals surface area contributed by atoms with Crippen LogP contribution in [-0.2, 0) is 11.5 Å². The van der Waals surface area contributed by atoms with Gasteiger partial charge in [-0.1, -0.05) is 12.1 Å². The van der Waals surface area contributed by atoms with Crippen LogP contribution < -0.4 is 11.1 Å². The molecule has 2 aliphatic rings. The van der Waals surface area contributed by atoms with Crippen LogP contribution in [0.5, 0.6) is 0 Å². The molecule has 4 rings (SSSR count). The van der Waals surface area contributed by atoms with Crippen molar-refractivity contribution in [3.63, 3.8) is 0 Å². The number of nitrogens with zero attached hydrogens (tertiary/aromatic N) is 2. The largest absolute Gasteiger partial charge is 0.421 e. The summed E-state index contributed by atoms with van der Waals surface area (Å²) in [5.41, 5.74) is 1.45. The van der Waals surface area contributed by atoms with Crippen molar-refractivity contribution in [1.29, 1.82) is 0 Å². The first-order valence-corrected chi connectivity index (χ1v) is 8.32. The van der Waals surface area contributed by atoms with Crippen molar-refractivity contribution in [1.82, 2.24) is 14.8 Å². The van der Waals surface area contributed by atoms with E-state index in [2.05, 4.69) is 10.2 Å². The molecule has 0 atom stereocenters. The fourth-order valence-corrected chi connectivity index (χ4v) is 3.23. The summed E-state index contributed by atoms with van der Waals surface area (Å²) in [6.07, 6.45) is 3.95. The quantitative estimate of drug-likeness (QED) is 0.929. The Bertz CT molecular complexity index is 767. The van der Waals surface area contributed by atoms with Gasteiger partial charge in [-0.2, -0.15) is 0 Å². The van der Waals surface area contributed by atoms with Crippen LogP contribution >= 0.6 is 0 Å². The third kappa shape index (κ3) is 3.03. The molecule has 0 radical (unpaired) electrons. The predicted octanol–water partition coefficient (Wildman–Crippen LogP) is 1.54. The summed E-state index contributed by atoms with van der Waals surface area (Å²) in [5.74, 6) is 0.00236. The summed E-state index contributed by atoms with van der Waals surface area (Å²) in [6, 6.07) is 7.90. The number of hydrogen-bond acceptors (Lipinski definition) is 4. The maximum atomic E-state index is 12.1. The molecule has 0 spiro atoms. The van der Waals surface area contributed by atoms with Crippen LogP contribution in [0.4, 0.5) is 0 Å². The number of carbonyl (C=O) groups is 1. The van der Waals surface area contributed by atoms with E-state index < -0.39 is 0 Å². The van der Waals surface area contributed by atoms with Gasteiger partial charge in [0.25, 0.3) is 0 Å². The molecule has 2 heterocycles. The lowest BCUT2D eigenvalue weighted by atomic mass is 9.96. The van der Waals surface area contributed by atoms with Gasteiger partial charge < -0.3 is 9.73 Å². The molecule has 1 aromatic carbocycles. The van der Waals surface area contributed by atoms with Gasteiger partial charge in [0.2, 0.25) is 5.91 Å². The van der Waals surface area contributed by atoms with Gasteiger partial charge in [-0.15, -0.1) is 0 Å². The van der Waals surface area contributed by atoms with Crippen LogP contribution in [0.25, 0.3) is 11.1 Å². The highest BCUT2D eigenvalue weighted by Gasteiger charge is 2.30. The minimum Gasteiger partial charge on any atom is -0.408 e. The van der Waals surface area contributed by atoms with E-state index in [0.717, 1.165) is 44.3 Å². The molecule has 6 heteroatoms. The first-order valence-electron chi connectivity index (χ1n) is 8.32. The van der Waals surface area contributed by atoms with E-state index >= 15 is 0 Å². The van der Waals surface area contributed by atoms with Crippen molar-refractivity contribution in [3.05, 3.63) is 34.8 Å². The molecular formula is C17H21N3O3. The number of para-hydroxylation sites is 2. The molecule has 2 fully saturated rings. The van der Waals surface area contributed by atoms with E-state index in [1.807, 2.05) is 24.3 Å². The van der Waals surface area contributed by atoms with Crippen LogP contribution in [0.15, 0.2) is 33.5 Å². The number of piperidine rings is 1. The van der Waals surface area contributed by atoms with Crippen molar-refractivity contribution in [3.8, 4) is 0 Å². The van der Waals surface area contributed by atoms with Crippen LogP contribution in [0.3, 0.4) is 0 Å². The van der Waals surface area contributed by atoms with E-state index in [0.29, 0.717) is 18.3 Å². The first-order chi connectivity index (χ1) is 11.2. The Balaban J connectivity index is 1.39. The molecule has 0 unspecified atom stereocenters. The molecule has 0 bridgehead atoms. The molecule has 1 amide bonds. The molecule has 1 saturated heterocycles. The number of carbonyl (C=O) groups excluding carboxylic acids is 1. The highest BCUT2D eigenvalue weighted by molar-refractivity contribution is 5.79. The number of fused-ring (bicyclic) bond motifs is 1. The van der Waals surface area contributed by atoms with Crippen molar-refractivity contribution >= 4 is 17.0 Å². The van der Waals surface area contributed by atoms with Gasteiger partial charge in [0, 0.05) is 25.0 Å². The third-order valence-electron chi connectivity index (χ3n) is 4.80. The molecule has 2 aromatic rings. The lowest BCUT2D eigenvalue weighted by molar-refractivity contribution is -0.126. The average molecular weight is 315 g/mol. The molecule has 1 aliphatic carbocycles. The Labute approximate surface area is 134 Å². The molecular weight excluding hydrogens is 294 g/mol. The molecule has 23 heavy (non-hydrogen) atoms. The average Bonchev–Trinajstić information content (AvgIpc) is 3.32. The number of amides is 1. The monoisotopic (exact) mass is 315 g/mol. The number of likely N-dealkylation sites (tertiary alicyclic amines) is 1. The lowest BCUT2D eigenvalue weighted by Crippen LogP contribution is -2.42. The van der Waals surface area contributed by atoms with Crippen molar-refractivity contribution < 1.29 is 9.21 Å². The Kier molecular flexibility index (Phi) is 3.69. The van der Waals surface area contributed by atoms with E-state index in [1.54, 1.807) is 4.57 Å². The number of benzene rings is 1. The fourth-order valence-electron chi connectivity index (χ4n) is 3.23. The summed E-state index contributed by atoms with van der Waals surface area (Å²) in [4.78, 5) is 26.3. The SMILES string of the molecule is O=C(NC1CC1)C1CCN(Cn2c(=O)oc3ccccc32)CC1. The number of rotatable bonds is 4. The highest BCUT2D eigenvalue weighted by Crippen LogP contribution is 2.23. The normalized spacial score (nSPS) is 20.0. The maximum Gasteiger partial charge on any atom is 0.421 e. The highest BCUT2D eigenvalue weighted by atomic mass is 16.4. The molecule has 1 aromatic heterocycles. The molecule has 6 nitrogen and oxygen atoms in total.